The zero-order valence-electron chi connectivity index (χ0n) is 28.2. The molecule has 5 heterocycles. The smallest absolute Gasteiger partial charge is 0.321 e. The number of hydrogen-bond acceptors (Lipinski definition) is 9. The molecule has 14 nitrogen and oxygen atoms in total. The summed E-state index contributed by atoms with van der Waals surface area (Å²) in [6.07, 6.45) is 8.93. The molecule has 0 radical (unpaired) electrons. The summed E-state index contributed by atoms with van der Waals surface area (Å²) in [5.41, 5.74) is 7.27. The van der Waals surface area contributed by atoms with Crippen molar-refractivity contribution in [2.45, 2.75) is 12.8 Å². The summed E-state index contributed by atoms with van der Waals surface area (Å²) < 4.78 is 3.38. The molecule has 2 amide bonds. The molecule has 53 heavy (non-hydrogen) atoms. The molecule has 1 N–H and O–H groups in total. The number of aromatic nitrogens is 8. The Bertz CT molecular complexity index is 2570. The Morgan fingerprint density at radius 3 is 1.68 bits per heavy atom. The number of urea groups is 1. The van der Waals surface area contributed by atoms with E-state index in [4.69, 9.17) is 0 Å². The minimum Gasteiger partial charge on any atom is -0.325 e. The fraction of sp³-hybridized carbons (Fsp3) is 0.103. The lowest BCUT2D eigenvalue weighted by molar-refractivity contribution is -0.384. The second-order valence-electron chi connectivity index (χ2n) is 12.2. The van der Waals surface area contributed by atoms with E-state index in [1.807, 2.05) is 89.8 Å². The van der Waals surface area contributed by atoms with E-state index >= 15 is 0 Å². The van der Waals surface area contributed by atoms with E-state index < -0.39 is 4.92 Å². The lowest BCUT2D eigenvalue weighted by Gasteiger charge is -2.16. The number of nitrogens with zero attached hydrogens (tertiary/aromatic N) is 10. The molecule has 0 atom stereocenters. The number of anilines is 1. The topological polar surface area (TPSA) is 162 Å². The number of amides is 2. The van der Waals surface area contributed by atoms with Crippen LogP contribution in [0, 0.1) is 10.1 Å². The van der Waals surface area contributed by atoms with Crippen LogP contribution in [-0.2, 0) is 0 Å². The zero-order valence-corrected chi connectivity index (χ0v) is 28.2. The van der Waals surface area contributed by atoms with Gasteiger partial charge in [-0.05, 0) is 25.0 Å². The highest BCUT2D eigenvalue weighted by atomic mass is 16.6. The highest BCUT2D eigenvalue weighted by molar-refractivity contribution is 5.90. The van der Waals surface area contributed by atoms with Crippen molar-refractivity contribution in [1.82, 2.24) is 44.1 Å². The molecule has 1 aliphatic heterocycles. The number of nitro benzene ring substituents is 1. The Morgan fingerprint density at radius 2 is 1.13 bits per heavy atom. The van der Waals surface area contributed by atoms with E-state index in [2.05, 4.69) is 35.5 Å². The summed E-state index contributed by atoms with van der Waals surface area (Å²) in [5.74, 6) is 0.978. The molecule has 14 heteroatoms. The molecule has 260 valence electrons. The van der Waals surface area contributed by atoms with Crippen molar-refractivity contribution in [3.63, 3.8) is 0 Å². The maximum Gasteiger partial charge on any atom is 0.321 e. The van der Waals surface area contributed by atoms with Crippen LogP contribution in [0.5, 0.6) is 0 Å². The summed E-state index contributed by atoms with van der Waals surface area (Å²) in [7, 11) is 0. The maximum atomic E-state index is 12.3. The molecule has 0 spiro atoms. The van der Waals surface area contributed by atoms with Crippen molar-refractivity contribution in [2.24, 2.45) is 0 Å². The number of rotatable bonds is 6. The highest BCUT2D eigenvalue weighted by Gasteiger charge is 2.18. The fourth-order valence-electron chi connectivity index (χ4n) is 6.10. The number of nitrogens with one attached hydrogen (secondary N) is 1. The Labute approximate surface area is 302 Å². The number of imidazole rings is 2. The van der Waals surface area contributed by atoms with Crippen LogP contribution in [-0.4, -0.2) is 68.1 Å². The third kappa shape index (κ3) is 7.01. The minimum atomic E-state index is -0.432. The lowest BCUT2D eigenvalue weighted by atomic mass is 10.1. The van der Waals surface area contributed by atoms with Crippen molar-refractivity contribution in [3.8, 4) is 45.0 Å². The monoisotopic (exact) mass is 701 g/mol. The van der Waals surface area contributed by atoms with E-state index in [9.17, 15) is 14.9 Å². The predicted octanol–water partition coefficient (Wildman–Crippen LogP) is 7.45. The van der Waals surface area contributed by atoms with Crippen molar-refractivity contribution >= 4 is 29.0 Å². The number of carbonyl (C=O) groups excluding carboxylic acids is 1. The van der Waals surface area contributed by atoms with E-state index in [0.29, 0.717) is 28.5 Å². The van der Waals surface area contributed by atoms with Crippen LogP contribution in [0.25, 0.3) is 56.6 Å². The summed E-state index contributed by atoms with van der Waals surface area (Å²) in [6, 6.07) is 33.7. The first-order chi connectivity index (χ1) is 26.0. The summed E-state index contributed by atoms with van der Waals surface area (Å²) in [5, 5.41) is 22.8. The van der Waals surface area contributed by atoms with Crippen molar-refractivity contribution < 1.29 is 9.72 Å². The minimum absolute atomic E-state index is 0.0162. The first-order valence-corrected chi connectivity index (χ1v) is 16.9. The number of carbonyl (C=O) groups is 1. The molecule has 1 saturated heterocycles. The molecule has 0 unspecified atom stereocenters. The first kappa shape index (κ1) is 32.8. The van der Waals surface area contributed by atoms with E-state index in [1.54, 1.807) is 46.0 Å². The van der Waals surface area contributed by atoms with Crippen molar-refractivity contribution in [3.05, 3.63) is 144 Å². The van der Waals surface area contributed by atoms with Gasteiger partial charge in [0.25, 0.3) is 17.2 Å². The van der Waals surface area contributed by atoms with Crippen molar-refractivity contribution in [1.29, 1.82) is 0 Å². The summed E-state index contributed by atoms with van der Waals surface area (Å²) in [4.78, 5) is 42.5. The van der Waals surface area contributed by atoms with Gasteiger partial charge in [-0.3, -0.25) is 10.1 Å². The number of nitro groups is 1. The van der Waals surface area contributed by atoms with Crippen LogP contribution in [0.15, 0.2) is 134 Å². The third-order valence-electron chi connectivity index (χ3n) is 8.77. The van der Waals surface area contributed by atoms with Gasteiger partial charge in [0, 0.05) is 53.2 Å². The number of fused-ring (bicyclic) bond motifs is 2. The van der Waals surface area contributed by atoms with Crippen LogP contribution in [0.2, 0.25) is 0 Å². The van der Waals surface area contributed by atoms with Gasteiger partial charge in [-0.2, -0.15) is 19.2 Å². The van der Waals surface area contributed by atoms with Gasteiger partial charge in [0.2, 0.25) is 0 Å². The van der Waals surface area contributed by atoms with E-state index in [-0.39, 0.29) is 11.7 Å². The van der Waals surface area contributed by atoms with Gasteiger partial charge in [0.15, 0.2) is 0 Å². The molecular weight excluding hydrogens is 671 g/mol. The highest BCUT2D eigenvalue weighted by Crippen LogP contribution is 2.26. The van der Waals surface area contributed by atoms with Crippen molar-refractivity contribution in [2.75, 3.05) is 18.4 Å². The Balaban J connectivity index is 0.000000154. The SMILES string of the molecule is O=C(Nc1cccc(-c2cnn3c(-c4ccccc4)cnc3n2)c1)N1CCCC1.O=[N+]([O-])c1cccc(-c2cnn3c(-c4ccccc4)cnc3n2)c1. The second-order valence-corrected chi connectivity index (χ2v) is 12.2. The van der Waals surface area contributed by atoms with Gasteiger partial charge in [-0.1, -0.05) is 84.9 Å². The largest absolute Gasteiger partial charge is 0.325 e. The van der Waals surface area contributed by atoms with Gasteiger partial charge in [0.05, 0.1) is 52.5 Å². The van der Waals surface area contributed by atoms with E-state index in [0.717, 1.165) is 59.7 Å². The van der Waals surface area contributed by atoms with Gasteiger partial charge in [-0.25, -0.2) is 24.7 Å². The van der Waals surface area contributed by atoms with Gasteiger partial charge < -0.3 is 10.2 Å². The van der Waals surface area contributed by atoms with Crippen LogP contribution in [0.3, 0.4) is 0 Å². The molecule has 8 aromatic rings. The summed E-state index contributed by atoms with van der Waals surface area (Å²) >= 11 is 0. The maximum absolute atomic E-state index is 12.3. The average Bonchev–Trinajstić information content (AvgIpc) is 3.99. The molecule has 1 fully saturated rings. The predicted molar refractivity (Wildman–Crippen MR) is 200 cm³/mol. The number of hydrogen-bond donors (Lipinski definition) is 1. The van der Waals surface area contributed by atoms with Crippen LogP contribution in [0.4, 0.5) is 16.2 Å². The Kier molecular flexibility index (Phi) is 8.97. The van der Waals surface area contributed by atoms with Gasteiger partial charge in [0.1, 0.15) is 0 Å². The molecule has 0 saturated carbocycles. The molecule has 0 aliphatic carbocycles. The Morgan fingerprint density at radius 1 is 0.623 bits per heavy atom. The Hall–Kier alpha value is -7.35. The van der Waals surface area contributed by atoms with Gasteiger partial charge in [-0.15, -0.1) is 0 Å². The third-order valence-corrected chi connectivity index (χ3v) is 8.77. The quantitative estimate of drug-likeness (QED) is 0.137. The molecular formula is C39H31N11O3. The average molecular weight is 702 g/mol. The van der Waals surface area contributed by atoms with Crippen LogP contribution < -0.4 is 5.32 Å². The number of non-ortho nitro benzene ring substituents is 1. The summed E-state index contributed by atoms with van der Waals surface area (Å²) in [6.45, 7) is 1.63. The number of likely N-dealkylation sites (tertiary alicyclic amines) is 1. The molecule has 4 aromatic heterocycles. The molecule has 9 rings (SSSR count). The lowest BCUT2D eigenvalue weighted by Crippen LogP contribution is -2.32. The molecule has 4 aromatic carbocycles. The van der Waals surface area contributed by atoms with Crippen LogP contribution >= 0.6 is 0 Å². The van der Waals surface area contributed by atoms with Gasteiger partial charge >= 0.3 is 6.03 Å². The molecule has 1 aliphatic rings. The number of benzene rings is 4. The normalized spacial score (nSPS) is 12.4. The fourth-order valence-corrected chi connectivity index (χ4v) is 6.10. The second kappa shape index (κ2) is 14.5. The first-order valence-electron chi connectivity index (χ1n) is 16.9. The zero-order chi connectivity index (χ0) is 36.1. The van der Waals surface area contributed by atoms with Crippen LogP contribution in [0.1, 0.15) is 12.8 Å². The molecule has 0 bridgehead atoms. The standard InChI is InChI=1S/C22H20N6O.C17H11N5O2/c29-22(27-11-4-5-12-27)25-18-10-6-9-17(13-18)19-14-24-28-20(15-23-21(28)26-19)16-7-2-1-3-8-16;23-22(24)14-8-4-7-13(9-14)15-10-19-21-16(11-18-17(21)20-15)12-5-2-1-3-6-12/h1-3,6-10,13-15H,4-5,11-12H2,(H,25,29);1-11H. The van der Waals surface area contributed by atoms with E-state index in [1.165, 1.54) is 12.1 Å².